The molecular formula is C16H32N2O2. The molecule has 4 heteroatoms. The van der Waals surface area contributed by atoms with Gasteiger partial charge in [-0.15, -0.1) is 0 Å². The number of likely N-dealkylation sites (N-methyl/N-ethyl adjacent to an activating group) is 1. The molecule has 0 bridgehead atoms. The minimum absolute atomic E-state index is 0.173. The molecule has 118 valence electrons. The summed E-state index contributed by atoms with van der Waals surface area (Å²) in [5, 5.41) is 3.10. The SMILES string of the molecule is CNC(C)(CCCN1CC(C)CC(C)C1C)C(=O)OC. The van der Waals surface area contributed by atoms with Gasteiger partial charge in [-0.25, -0.2) is 0 Å². The van der Waals surface area contributed by atoms with Gasteiger partial charge in [-0.05, 0) is 58.5 Å². The Kier molecular flexibility index (Phi) is 6.46. The molecule has 1 heterocycles. The highest BCUT2D eigenvalue weighted by Gasteiger charge is 2.33. The monoisotopic (exact) mass is 284 g/mol. The van der Waals surface area contributed by atoms with Gasteiger partial charge in [-0.1, -0.05) is 13.8 Å². The van der Waals surface area contributed by atoms with Crippen LogP contribution in [0.25, 0.3) is 0 Å². The third kappa shape index (κ3) is 4.19. The Morgan fingerprint density at radius 3 is 2.60 bits per heavy atom. The number of nitrogens with one attached hydrogen (secondary N) is 1. The van der Waals surface area contributed by atoms with Crippen molar-refractivity contribution in [1.82, 2.24) is 10.2 Å². The molecule has 0 aromatic rings. The number of rotatable bonds is 6. The van der Waals surface area contributed by atoms with Crippen LogP contribution in [0.4, 0.5) is 0 Å². The number of piperidine rings is 1. The van der Waals surface area contributed by atoms with Crippen molar-refractivity contribution < 1.29 is 9.53 Å². The van der Waals surface area contributed by atoms with Gasteiger partial charge in [-0.2, -0.15) is 0 Å². The molecule has 1 rings (SSSR count). The summed E-state index contributed by atoms with van der Waals surface area (Å²) >= 11 is 0. The molecule has 1 N–H and O–H groups in total. The smallest absolute Gasteiger partial charge is 0.325 e. The number of hydrogen-bond donors (Lipinski definition) is 1. The summed E-state index contributed by atoms with van der Waals surface area (Å²) in [6.07, 6.45) is 3.15. The Hall–Kier alpha value is -0.610. The average Bonchev–Trinajstić information content (AvgIpc) is 2.42. The lowest BCUT2D eigenvalue weighted by molar-refractivity contribution is -0.148. The summed E-state index contributed by atoms with van der Waals surface area (Å²) in [4.78, 5) is 14.4. The fourth-order valence-corrected chi connectivity index (χ4v) is 3.32. The fraction of sp³-hybridized carbons (Fsp3) is 0.938. The lowest BCUT2D eigenvalue weighted by Crippen LogP contribution is -2.50. The van der Waals surface area contributed by atoms with Gasteiger partial charge in [0, 0.05) is 12.6 Å². The second kappa shape index (κ2) is 7.41. The van der Waals surface area contributed by atoms with Crippen molar-refractivity contribution in [3.63, 3.8) is 0 Å². The molecular weight excluding hydrogens is 252 g/mol. The van der Waals surface area contributed by atoms with Crippen molar-refractivity contribution in [2.24, 2.45) is 11.8 Å². The van der Waals surface area contributed by atoms with Gasteiger partial charge in [0.15, 0.2) is 0 Å². The first-order valence-electron chi connectivity index (χ1n) is 7.85. The van der Waals surface area contributed by atoms with Gasteiger partial charge in [0.05, 0.1) is 7.11 Å². The number of hydrogen-bond acceptors (Lipinski definition) is 4. The maximum Gasteiger partial charge on any atom is 0.325 e. The molecule has 1 saturated heterocycles. The van der Waals surface area contributed by atoms with Gasteiger partial charge in [0.2, 0.25) is 0 Å². The molecule has 0 radical (unpaired) electrons. The zero-order valence-corrected chi connectivity index (χ0v) is 14.0. The molecule has 4 nitrogen and oxygen atoms in total. The van der Waals surface area contributed by atoms with Crippen LogP contribution < -0.4 is 5.32 Å². The number of carbonyl (C=O) groups is 1. The van der Waals surface area contributed by atoms with Crippen LogP contribution in [0.5, 0.6) is 0 Å². The van der Waals surface area contributed by atoms with Gasteiger partial charge in [0.25, 0.3) is 0 Å². The summed E-state index contributed by atoms with van der Waals surface area (Å²) in [5.41, 5.74) is -0.564. The van der Waals surface area contributed by atoms with Gasteiger partial charge < -0.3 is 15.0 Å². The predicted octanol–water partition coefficient (Wildman–Crippen LogP) is 2.28. The van der Waals surface area contributed by atoms with Crippen molar-refractivity contribution in [1.29, 1.82) is 0 Å². The molecule has 20 heavy (non-hydrogen) atoms. The van der Waals surface area contributed by atoms with Crippen LogP contribution in [-0.2, 0) is 9.53 Å². The fourth-order valence-electron chi connectivity index (χ4n) is 3.32. The van der Waals surface area contributed by atoms with Gasteiger partial charge in [0.1, 0.15) is 5.54 Å². The molecule has 0 aromatic heterocycles. The van der Waals surface area contributed by atoms with Crippen molar-refractivity contribution in [3.8, 4) is 0 Å². The van der Waals surface area contributed by atoms with Crippen LogP contribution in [0.3, 0.4) is 0 Å². The Bertz CT molecular complexity index is 322. The van der Waals surface area contributed by atoms with Crippen molar-refractivity contribution in [2.45, 2.75) is 58.5 Å². The number of ether oxygens (including phenoxy) is 1. The van der Waals surface area contributed by atoms with E-state index in [-0.39, 0.29) is 5.97 Å². The first-order valence-corrected chi connectivity index (χ1v) is 7.85. The van der Waals surface area contributed by atoms with Crippen molar-refractivity contribution >= 4 is 5.97 Å². The number of likely N-dealkylation sites (tertiary alicyclic amines) is 1. The van der Waals surface area contributed by atoms with E-state index in [1.54, 1.807) is 0 Å². The van der Waals surface area contributed by atoms with E-state index in [9.17, 15) is 4.79 Å². The quantitative estimate of drug-likeness (QED) is 0.760. The molecule has 0 aliphatic carbocycles. The van der Waals surface area contributed by atoms with Crippen molar-refractivity contribution in [3.05, 3.63) is 0 Å². The molecule has 0 amide bonds. The summed E-state index contributed by atoms with van der Waals surface area (Å²) < 4.78 is 4.89. The van der Waals surface area contributed by atoms with E-state index in [4.69, 9.17) is 4.74 Å². The lowest BCUT2D eigenvalue weighted by atomic mass is 9.85. The Morgan fingerprint density at radius 2 is 2.05 bits per heavy atom. The number of esters is 1. The van der Waals surface area contributed by atoms with Crippen LogP contribution in [0.1, 0.15) is 47.0 Å². The van der Waals surface area contributed by atoms with E-state index in [0.717, 1.165) is 31.2 Å². The zero-order chi connectivity index (χ0) is 15.3. The minimum atomic E-state index is -0.564. The van der Waals surface area contributed by atoms with E-state index in [1.165, 1.54) is 20.1 Å². The number of methoxy groups -OCH3 is 1. The molecule has 4 unspecified atom stereocenters. The predicted molar refractivity (Wildman–Crippen MR) is 82.7 cm³/mol. The van der Waals surface area contributed by atoms with Crippen LogP contribution in [-0.4, -0.2) is 49.7 Å². The summed E-state index contributed by atoms with van der Waals surface area (Å²) in [6.45, 7) is 11.2. The highest BCUT2D eigenvalue weighted by molar-refractivity contribution is 5.80. The molecule has 0 spiro atoms. The highest BCUT2D eigenvalue weighted by Crippen LogP contribution is 2.27. The molecule has 0 aromatic carbocycles. The third-order valence-corrected chi connectivity index (χ3v) is 5.03. The van der Waals surface area contributed by atoms with Gasteiger partial charge in [-0.3, -0.25) is 4.79 Å². The number of nitrogens with zero attached hydrogens (tertiary/aromatic N) is 1. The highest BCUT2D eigenvalue weighted by atomic mass is 16.5. The maximum atomic E-state index is 11.8. The van der Waals surface area contributed by atoms with E-state index >= 15 is 0 Å². The van der Waals surface area contributed by atoms with E-state index in [0.29, 0.717) is 6.04 Å². The van der Waals surface area contributed by atoms with Crippen LogP contribution in [0.15, 0.2) is 0 Å². The summed E-state index contributed by atoms with van der Waals surface area (Å²) in [5.74, 6) is 1.36. The minimum Gasteiger partial charge on any atom is -0.468 e. The maximum absolute atomic E-state index is 11.8. The summed E-state index contributed by atoms with van der Waals surface area (Å²) in [7, 11) is 3.28. The van der Waals surface area contributed by atoms with E-state index < -0.39 is 5.54 Å². The standard InChI is InChI=1S/C16H32N2O2/c1-12-10-13(2)14(3)18(11-12)9-7-8-16(4,17-5)15(19)20-6/h12-14,17H,7-11H2,1-6H3. The lowest BCUT2D eigenvalue weighted by Gasteiger charge is -2.41. The molecule has 4 atom stereocenters. The normalized spacial score (nSPS) is 30.8. The molecule has 1 aliphatic heterocycles. The Morgan fingerprint density at radius 1 is 1.40 bits per heavy atom. The van der Waals surface area contributed by atoms with Crippen LogP contribution in [0, 0.1) is 11.8 Å². The number of carbonyl (C=O) groups excluding carboxylic acids is 1. The average molecular weight is 284 g/mol. The third-order valence-electron chi connectivity index (χ3n) is 5.03. The molecule has 1 fully saturated rings. The second-order valence-corrected chi connectivity index (χ2v) is 6.73. The van der Waals surface area contributed by atoms with Crippen LogP contribution in [0.2, 0.25) is 0 Å². The molecule has 1 aliphatic rings. The Labute approximate surface area is 124 Å². The van der Waals surface area contributed by atoms with E-state index in [2.05, 4.69) is 31.0 Å². The Balaban J connectivity index is 2.48. The second-order valence-electron chi connectivity index (χ2n) is 6.73. The molecule has 0 saturated carbocycles. The van der Waals surface area contributed by atoms with E-state index in [1.807, 2.05) is 14.0 Å². The first-order chi connectivity index (χ1) is 9.34. The summed E-state index contributed by atoms with van der Waals surface area (Å²) in [6, 6.07) is 0.644. The topological polar surface area (TPSA) is 41.6 Å². The zero-order valence-electron chi connectivity index (χ0n) is 14.0. The first kappa shape index (κ1) is 17.4. The van der Waals surface area contributed by atoms with Crippen molar-refractivity contribution in [2.75, 3.05) is 27.2 Å². The largest absolute Gasteiger partial charge is 0.468 e. The van der Waals surface area contributed by atoms with Crippen LogP contribution >= 0.6 is 0 Å². The van der Waals surface area contributed by atoms with Gasteiger partial charge >= 0.3 is 5.97 Å².